The van der Waals surface area contributed by atoms with Gasteiger partial charge in [0.2, 0.25) is 0 Å². The lowest BCUT2D eigenvalue weighted by Crippen LogP contribution is -2.28. The molecule has 0 radical (unpaired) electrons. The van der Waals surface area contributed by atoms with Crippen molar-refractivity contribution in [1.82, 2.24) is 15.1 Å². The maximum atomic E-state index is 8.76. The molecule has 0 saturated heterocycles. The molecule has 1 aromatic rings. The number of nitrogens with one attached hydrogen (secondary N) is 1. The van der Waals surface area contributed by atoms with Gasteiger partial charge in [0.25, 0.3) is 0 Å². The maximum Gasteiger partial charge on any atom is 0.0537 e. The van der Waals surface area contributed by atoms with Crippen molar-refractivity contribution in [2.24, 2.45) is 0 Å². The predicted molar refractivity (Wildman–Crippen MR) is 65.2 cm³/mol. The first-order valence-corrected chi connectivity index (χ1v) is 6.06. The van der Waals surface area contributed by atoms with E-state index in [1.807, 2.05) is 10.9 Å². The van der Waals surface area contributed by atoms with Gasteiger partial charge in [0.05, 0.1) is 6.20 Å². The summed E-state index contributed by atoms with van der Waals surface area (Å²) >= 11 is 0. The Bertz CT molecular complexity index is 298. The highest BCUT2D eigenvalue weighted by Gasteiger charge is 2.10. The molecule has 0 aromatic carbocycles. The third-order valence-corrected chi connectivity index (χ3v) is 2.81. The van der Waals surface area contributed by atoms with Crippen LogP contribution in [-0.4, -0.2) is 27.5 Å². The fourth-order valence-electron chi connectivity index (χ4n) is 1.78. The van der Waals surface area contributed by atoms with Crippen LogP contribution in [0.4, 0.5) is 0 Å². The lowest BCUT2D eigenvalue weighted by molar-refractivity contribution is 0.274. The van der Waals surface area contributed by atoms with E-state index in [2.05, 4.69) is 37.4 Å². The van der Waals surface area contributed by atoms with E-state index in [1.165, 1.54) is 5.56 Å². The van der Waals surface area contributed by atoms with Crippen LogP contribution in [-0.2, 0) is 6.54 Å². The summed E-state index contributed by atoms with van der Waals surface area (Å²) in [6.45, 7) is 7.56. The van der Waals surface area contributed by atoms with Crippen molar-refractivity contribution in [2.45, 2.75) is 52.2 Å². The van der Waals surface area contributed by atoms with E-state index in [-0.39, 0.29) is 6.61 Å². The second-order valence-corrected chi connectivity index (χ2v) is 4.28. The van der Waals surface area contributed by atoms with E-state index in [4.69, 9.17) is 5.11 Å². The SMILES string of the molecule is CCn1cc(C(C)NC(C)CCCO)cn1. The summed E-state index contributed by atoms with van der Waals surface area (Å²) in [7, 11) is 0. The number of nitrogens with zero attached hydrogens (tertiary/aromatic N) is 2. The average Bonchev–Trinajstić information content (AvgIpc) is 2.74. The lowest BCUT2D eigenvalue weighted by Gasteiger charge is -2.18. The number of aliphatic hydroxyl groups is 1. The van der Waals surface area contributed by atoms with Gasteiger partial charge in [-0.3, -0.25) is 4.68 Å². The number of rotatable bonds is 7. The van der Waals surface area contributed by atoms with Crippen LogP contribution in [0.5, 0.6) is 0 Å². The monoisotopic (exact) mass is 225 g/mol. The van der Waals surface area contributed by atoms with Crippen LogP contribution < -0.4 is 5.32 Å². The fraction of sp³-hybridized carbons (Fsp3) is 0.750. The zero-order valence-electron chi connectivity index (χ0n) is 10.5. The van der Waals surface area contributed by atoms with Crippen LogP contribution in [0.3, 0.4) is 0 Å². The minimum absolute atomic E-state index is 0.272. The Kier molecular flexibility index (Phi) is 5.49. The highest BCUT2D eigenvalue weighted by atomic mass is 16.2. The van der Waals surface area contributed by atoms with Gasteiger partial charge in [-0.1, -0.05) is 0 Å². The molecule has 4 nitrogen and oxygen atoms in total. The standard InChI is InChI=1S/C12H23N3O/c1-4-15-9-12(8-13-15)11(3)14-10(2)6-5-7-16/h8-11,14,16H,4-7H2,1-3H3. The van der Waals surface area contributed by atoms with Gasteiger partial charge < -0.3 is 10.4 Å². The molecular weight excluding hydrogens is 202 g/mol. The van der Waals surface area contributed by atoms with E-state index in [0.717, 1.165) is 19.4 Å². The zero-order valence-corrected chi connectivity index (χ0v) is 10.5. The lowest BCUT2D eigenvalue weighted by atomic mass is 10.1. The van der Waals surface area contributed by atoms with Crippen molar-refractivity contribution in [2.75, 3.05) is 6.61 Å². The van der Waals surface area contributed by atoms with E-state index < -0.39 is 0 Å². The molecule has 0 fully saturated rings. The van der Waals surface area contributed by atoms with Crippen molar-refractivity contribution in [1.29, 1.82) is 0 Å². The molecule has 0 bridgehead atoms. The van der Waals surface area contributed by atoms with E-state index in [0.29, 0.717) is 12.1 Å². The first-order valence-electron chi connectivity index (χ1n) is 6.06. The average molecular weight is 225 g/mol. The normalized spacial score (nSPS) is 15.0. The Morgan fingerprint density at radius 1 is 1.50 bits per heavy atom. The van der Waals surface area contributed by atoms with Gasteiger partial charge in [-0.25, -0.2) is 0 Å². The highest BCUT2D eigenvalue weighted by Crippen LogP contribution is 2.12. The summed E-state index contributed by atoms with van der Waals surface area (Å²) in [5.74, 6) is 0. The van der Waals surface area contributed by atoms with Crippen molar-refractivity contribution in [3.8, 4) is 0 Å². The molecule has 1 heterocycles. The van der Waals surface area contributed by atoms with Gasteiger partial charge in [-0.2, -0.15) is 5.10 Å². The molecule has 0 saturated carbocycles. The summed E-state index contributed by atoms with van der Waals surface area (Å²) in [5.41, 5.74) is 1.22. The molecule has 2 atom stereocenters. The van der Waals surface area contributed by atoms with Gasteiger partial charge in [-0.05, 0) is 33.6 Å². The van der Waals surface area contributed by atoms with Crippen LogP contribution in [0, 0.1) is 0 Å². The van der Waals surface area contributed by atoms with Crippen LogP contribution in [0.1, 0.15) is 45.2 Å². The number of hydrogen-bond donors (Lipinski definition) is 2. The van der Waals surface area contributed by atoms with E-state index >= 15 is 0 Å². The molecule has 4 heteroatoms. The van der Waals surface area contributed by atoms with Crippen LogP contribution in [0.2, 0.25) is 0 Å². The summed E-state index contributed by atoms with van der Waals surface area (Å²) < 4.78 is 1.94. The van der Waals surface area contributed by atoms with Crippen LogP contribution in [0.25, 0.3) is 0 Å². The summed E-state index contributed by atoms with van der Waals surface area (Å²) in [6, 6.07) is 0.737. The fourth-order valence-corrected chi connectivity index (χ4v) is 1.78. The molecule has 0 aliphatic carbocycles. The number of hydrogen-bond acceptors (Lipinski definition) is 3. The van der Waals surface area contributed by atoms with Crippen molar-refractivity contribution < 1.29 is 5.11 Å². The first kappa shape index (κ1) is 13.2. The van der Waals surface area contributed by atoms with Gasteiger partial charge in [-0.15, -0.1) is 0 Å². The van der Waals surface area contributed by atoms with Crippen molar-refractivity contribution in [3.63, 3.8) is 0 Å². The molecule has 0 amide bonds. The summed E-state index contributed by atoms with van der Waals surface area (Å²) in [5, 5.41) is 16.5. The molecule has 92 valence electrons. The number of aromatic nitrogens is 2. The summed E-state index contributed by atoms with van der Waals surface area (Å²) in [6.07, 6.45) is 5.86. The van der Waals surface area contributed by atoms with Gasteiger partial charge in [0.1, 0.15) is 0 Å². The van der Waals surface area contributed by atoms with E-state index in [9.17, 15) is 0 Å². The smallest absolute Gasteiger partial charge is 0.0537 e. The van der Waals surface area contributed by atoms with E-state index in [1.54, 1.807) is 0 Å². The second kappa shape index (κ2) is 6.66. The molecule has 0 aliphatic heterocycles. The highest BCUT2D eigenvalue weighted by molar-refractivity contribution is 5.09. The molecule has 0 spiro atoms. The molecule has 1 aromatic heterocycles. The quantitative estimate of drug-likeness (QED) is 0.743. The third-order valence-electron chi connectivity index (χ3n) is 2.81. The molecule has 2 unspecified atom stereocenters. The van der Waals surface area contributed by atoms with Crippen molar-refractivity contribution >= 4 is 0 Å². The topological polar surface area (TPSA) is 50.1 Å². The molecule has 16 heavy (non-hydrogen) atoms. The predicted octanol–water partition coefficient (Wildman–Crippen LogP) is 1.71. The van der Waals surface area contributed by atoms with Crippen LogP contribution in [0.15, 0.2) is 12.4 Å². The molecule has 1 rings (SSSR count). The van der Waals surface area contributed by atoms with Gasteiger partial charge >= 0.3 is 0 Å². The Balaban J connectivity index is 2.41. The number of aryl methyl sites for hydroxylation is 1. The summed E-state index contributed by atoms with van der Waals surface area (Å²) in [4.78, 5) is 0. The third kappa shape index (κ3) is 3.94. The molecular formula is C12H23N3O. The number of aliphatic hydroxyl groups excluding tert-OH is 1. The Hall–Kier alpha value is -0.870. The minimum Gasteiger partial charge on any atom is -0.396 e. The molecule has 0 aliphatic rings. The Morgan fingerprint density at radius 3 is 2.81 bits per heavy atom. The Morgan fingerprint density at radius 2 is 2.25 bits per heavy atom. The van der Waals surface area contributed by atoms with Crippen LogP contribution >= 0.6 is 0 Å². The van der Waals surface area contributed by atoms with Gasteiger partial charge in [0, 0.05) is 37.0 Å². The maximum absolute atomic E-state index is 8.76. The minimum atomic E-state index is 0.272. The molecule has 2 N–H and O–H groups in total. The second-order valence-electron chi connectivity index (χ2n) is 4.28. The first-order chi connectivity index (χ1) is 7.67. The zero-order chi connectivity index (χ0) is 12.0. The largest absolute Gasteiger partial charge is 0.396 e. The Labute approximate surface area is 97.7 Å². The van der Waals surface area contributed by atoms with Gasteiger partial charge in [0.15, 0.2) is 0 Å². The van der Waals surface area contributed by atoms with Crippen molar-refractivity contribution in [3.05, 3.63) is 18.0 Å².